The fraction of sp³-hybridized carbons (Fsp3) is 0.200. The van der Waals surface area contributed by atoms with Gasteiger partial charge in [0.05, 0.1) is 6.26 Å². The lowest BCUT2D eigenvalue weighted by Gasteiger charge is -1.63. The fourth-order valence-electron chi connectivity index (χ4n) is 0.161. The van der Waals surface area contributed by atoms with Crippen molar-refractivity contribution in [1.82, 2.24) is 0 Å². The molecule has 6 heavy (non-hydrogen) atoms. The Kier molecular flexibility index (Phi) is 3.77. The summed E-state index contributed by atoms with van der Waals surface area (Å²) >= 11 is 0. The molecule has 0 fully saturated rings. The Bertz CT molecular complexity index is 52.3. The van der Waals surface area contributed by atoms with E-state index in [1.165, 1.54) is 0 Å². The summed E-state index contributed by atoms with van der Waals surface area (Å²) < 4.78 is 0. The zero-order valence-electron chi connectivity index (χ0n) is 3.76. The monoisotopic (exact) mass is 84.1 g/mol. The molecule has 0 aromatic rings. The third-order valence-electron chi connectivity index (χ3n) is 0.390. The van der Waals surface area contributed by atoms with Gasteiger partial charge in [0.2, 0.25) is 0 Å². The highest BCUT2D eigenvalue weighted by atomic mass is 16.2. The van der Waals surface area contributed by atoms with Crippen molar-refractivity contribution in [3.63, 3.8) is 0 Å². The Morgan fingerprint density at radius 3 is 2.17 bits per heavy atom. The van der Waals surface area contributed by atoms with Gasteiger partial charge in [0, 0.05) is 0 Å². The lowest BCUT2D eigenvalue weighted by Crippen LogP contribution is -1.44. The third-order valence-corrected chi connectivity index (χ3v) is 0.390. The van der Waals surface area contributed by atoms with Crippen LogP contribution in [0.15, 0.2) is 24.5 Å². The minimum atomic E-state index is 1.00. The first kappa shape index (κ1) is 5.28. The highest BCUT2D eigenvalue weighted by Gasteiger charge is 1.50. The second-order valence-corrected chi connectivity index (χ2v) is 0.867. The van der Waals surface area contributed by atoms with Crippen molar-refractivity contribution in [3.05, 3.63) is 24.5 Å². The van der Waals surface area contributed by atoms with Crippen LogP contribution in [-0.2, 0) is 0 Å². The van der Waals surface area contributed by atoms with E-state index < -0.39 is 0 Å². The molecule has 0 unspecified atom stereocenters. The summed E-state index contributed by atoms with van der Waals surface area (Å²) in [6, 6.07) is 0. The predicted octanol–water partition coefficient (Wildman–Crippen LogP) is 1.63. The average Bonchev–Trinajstić information content (AvgIpc) is 1.61. The van der Waals surface area contributed by atoms with E-state index in [0.717, 1.165) is 6.26 Å². The molecule has 1 heteroatoms. The van der Waals surface area contributed by atoms with E-state index in [0.29, 0.717) is 0 Å². The number of aliphatic hydroxyl groups is 1. The van der Waals surface area contributed by atoms with Crippen LogP contribution >= 0.6 is 0 Å². The molecule has 0 aromatic heterocycles. The van der Waals surface area contributed by atoms with E-state index in [4.69, 9.17) is 5.11 Å². The molecule has 0 spiro atoms. The number of rotatable bonds is 1. The number of hydrogen-bond acceptors (Lipinski definition) is 1. The van der Waals surface area contributed by atoms with Crippen LogP contribution in [0.4, 0.5) is 0 Å². The van der Waals surface area contributed by atoms with Crippen molar-refractivity contribution in [2.24, 2.45) is 0 Å². The molecule has 0 radical (unpaired) electrons. The Labute approximate surface area is 37.6 Å². The normalized spacial score (nSPS) is 11.5. The van der Waals surface area contributed by atoms with Gasteiger partial charge in [-0.2, -0.15) is 0 Å². The van der Waals surface area contributed by atoms with E-state index in [1.54, 1.807) is 12.2 Å². The van der Waals surface area contributed by atoms with Crippen LogP contribution in [0.2, 0.25) is 0 Å². The highest BCUT2D eigenvalue weighted by molar-refractivity contribution is 4.96. The van der Waals surface area contributed by atoms with Gasteiger partial charge in [-0.15, -0.1) is 0 Å². The molecule has 0 saturated carbocycles. The molecule has 34 valence electrons. The van der Waals surface area contributed by atoms with Crippen LogP contribution in [0.1, 0.15) is 6.92 Å². The molecule has 0 bridgehead atoms. The van der Waals surface area contributed by atoms with Gasteiger partial charge in [-0.05, 0) is 13.0 Å². The molecule has 0 heterocycles. The molecule has 0 amide bonds. The fourth-order valence-corrected chi connectivity index (χ4v) is 0.161. The van der Waals surface area contributed by atoms with Crippen LogP contribution in [0.5, 0.6) is 0 Å². The molecular formula is C5H8O. The quantitative estimate of drug-likeness (QED) is 0.378. The SMILES string of the molecule is C/C=C\C=C/O. The van der Waals surface area contributed by atoms with E-state index in [9.17, 15) is 0 Å². The standard InChI is InChI=1S/C5H8O/c1-2-3-4-5-6/h2-6H,1H3/b3-2-,5-4-. The van der Waals surface area contributed by atoms with Crippen LogP contribution < -0.4 is 0 Å². The van der Waals surface area contributed by atoms with Crippen molar-refractivity contribution in [1.29, 1.82) is 0 Å². The van der Waals surface area contributed by atoms with Crippen molar-refractivity contribution in [3.8, 4) is 0 Å². The average molecular weight is 84.1 g/mol. The summed E-state index contributed by atoms with van der Waals surface area (Å²) in [5, 5.41) is 7.97. The van der Waals surface area contributed by atoms with Crippen molar-refractivity contribution < 1.29 is 5.11 Å². The van der Waals surface area contributed by atoms with Crippen LogP contribution in [0.25, 0.3) is 0 Å². The van der Waals surface area contributed by atoms with E-state index >= 15 is 0 Å². The lowest BCUT2D eigenvalue weighted by atomic mass is 10.5. The molecule has 0 aliphatic rings. The van der Waals surface area contributed by atoms with Crippen LogP contribution in [-0.4, -0.2) is 5.11 Å². The van der Waals surface area contributed by atoms with Crippen molar-refractivity contribution in [2.75, 3.05) is 0 Å². The first-order chi connectivity index (χ1) is 2.91. The zero-order valence-corrected chi connectivity index (χ0v) is 3.76. The summed E-state index contributed by atoms with van der Waals surface area (Å²) in [6.45, 7) is 1.89. The van der Waals surface area contributed by atoms with Gasteiger partial charge >= 0.3 is 0 Å². The number of allylic oxidation sites excluding steroid dienone is 3. The predicted molar refractivity (Wildman–Crippen MR) is 26.6 cm³/mol. The van der Waals surface area contributed by atoms with Gasteiger partial charge in [0.15, 0.2) is 0 Å². The van der Waals surface area contributed by atoms with E-state index in [-0.39, 0.29) is 0 Å². The zero-order chi connectivity index (χ0) is 4.83. The largest absolute Gasteiger partial charge is 0.516 e. The van der Waals surface area contributed by atoms with Gasteiger partial charge in [-0.25, -0.2) is 0 Å². The summed E-state index contributed by atoms with van der Waals surface area (Å²) in [6.07, 6.45) is 6.15. The maximum atomic E-state index is 7.97. The molecule has 0 aliphatic heterocycles. The minimum Gasteiger partial charge on any atom is -0.516 e. The van der Waals surface area contributed by atoms with Gasteiger partial charge in [0.25, 0.3) is 0 Å². The van der Waals surface area contributed by atoms with Gasteiger partial charge in [-0.1, -0.05) is 12.2 Å². The van der Waals surface area contributed by atoms with Crippen molar-refractivity contribution in [2.45, 2.75) is 6.92 Å². The lowest BCUT2D eigenvalue weighted by molar-refractivity contribution is 0.473. The van der Waals surface area contributed by atoms with Crippen molar-refractivity contribution >= 4 is 0 Å². The molecule has 1 N–H and O–H groups in total. The molecule has 0 rings (SSSR count). The Morgan fingerprint density at radius 2 is 2.00 bits per heavy atom. The van der Waals surface area contributed by atoms with Gasteiger partial charge < -0.3 is 5.11 Å². The molecular weight excluding hydrogens is 76.1 g/mol. The second-order valence-electron chi connectivity index (χ2n) is 0.867. The van der Waals surface area contributed by atoms with Crippen LogP contribution in [0, 0.1) is 0 Å². The maximum Gasteiger partial charge on any atom is 0.0791 e. The summed E-state index contributed by atoms with van der Waals surface area (Å²) in [5.74, 6) is 0. The summed E-state index contributed by atoms with van der Waals surface area (Å²) in [5.41, 5.74) is 0. The Balaban J connectivity index is 3.07. The Hall–Kier alpha value is -0.720. The molecule has 1 nitrogen and oxygen atoms in total. The third kappa shape index (κ3) is 3.28. The highest BCUT2D eigenvalue weighted by Crippen LogP contribution is 1.69. The molecule has 0 aromatic carbocycles. The van der Waals surface area contributed by atoms with E-state index in [2.05, 4.69) is 0 Å². The molecule has 0 saturated heterocycles. The smallest absolute Gasteiger partial charge is 0.0791 e. The summed E-state index contributed by atoms with van der Waals surface area (Å²) in [7, 11) is 0. The minimum absolute atomic E-state index is 1.00. The first-order valence-corrected chi connectivity index (χ1v) is 1.84. The molecule has 0 aliphatic carbocycles. The van der Waals surface area contributed by atoms with Crippen LogP contribution in [0.3, 0.4) is 0 Å². The topological polar surface area (TPSA) is 20.2 Å². The van der Waals surface area contributed by atoms with Gasteiger partial charge in [-0.3, -0.25) is 0 Å². The Morgan fingerprint density at radius 1 is 1.33 bits per heavy atom. The number of hydrogen-bond donors (Lipinski definition) is 1. The summed E-state index contributed by atoms with van der Waals surface area (Å²) in [4.78, 5) is 0. The van der Waals surface area contributed by atoms with Gasteiger partial charge in [0.1, 0.15) is 0 Å². The molecule has 0 atom stereocenters. The van der Waals surface area contributed by atoms with E-state index in [1.807, 2.05) is 13.0 Å². The second kappa shape index (κ2) is 4.28. The first-order valence-electron chi connectivity index (χ1n) is 1.84. The number of aliphatic hydroxyl groups excluding tert-OH is 1. The maximum absolute atomic E-state index is 7.97.